The fourth-order valence-electron chi connectivity index (χ4n) is 5.34. The number of hydrogen-bond acceptors (Lipinski definition) is 4. The first kappa shape index (κ1) is 30.5. The van der Waals surface area contributed by atoms with E-state index in [4.69, 9.17) is 9.47 Å². The lowest BCUT2D eigenvalue weighted by molar-refractivity contribution is -0.143. The normalized spacial score (nSPS) is 19.2. The minimum atomic E-state index is -5.04. The molecule has 0 radical (unpaired) electrons. The minimum absolute atomic E-state index is 0.0510. The summed E-state index contributed by atoms with van der Waals surface area (Å²) in [6.07, 6.45) is -10.1. The standard InChI is InChI=1S/C29H32F6N2O4/c1-15(2)41-27(39)37-23(19-6-7-19)13-24(22-8-16(3)17(4)9-25(22)37)36(26(38)40-5)14-18-10-20(28(30,31)32)12-21(11-18)29(33,34)35/h8-12,15,19,23-24H,6-7,13-14H2,1-5H3/t23-,24-/m1/s1. The Kier molecular flexibility index (Phi) is 8.26. The molecule has 41 heavy (non-hydrogen) atoms. The van der Waals surface area contributed by atoms with Crippen molar-refractivity contribution in [3.63, 3.8) is 0 Å². The second kappa shape index (κ2) is 11.1. The zero-order chi connectivity index (χ0) is 30.4. The van der Waals surface area contributed by atoms with Crippen molar-refractivity contribution in [2.45, 2.75) is 84.0 Å². The summed E-state index contributed by atoms with van der Waals surface area (Å²) in [5, 5.41) is 0. The fourth-order valence-corrected chi connectivity index (χ4v) is 5.34. The maximum absolute atomic E-state index is 13.6. The molecular formula is C29H32F6N2O4. The van der Waals surface area contributed by atoms with Crippen molar-refractivity contribution in [1.82, 2.24) is 4.90 Å². The quantitative estimate of drug-likeness (QED) is 0.332. The van der Waals surface area contributed by atoms with Gasteiger partial charge in [0.25, 0.3) is 0 Å². The second-order valence-electron chi connectivity index (χ2n) is 11.0. The highest BCUT2D eigenvalue weighted by Crippen LogP contribution is 2.49. The van der Waals surface area contributed by atoms with Gasteiger partial charge >= 0.3 is 24.5 Å². The lowest BCUT2D eigenvalue weighted by Gasteiger charge is -2.44. The molecule has 12 heteroatoms. The summed E-state index contributed by atoms with van der Waals surface area (Å²) >= 11 is 0. The summed E-state index contributed by atoms with van der Waals surface area (Å²) in [7, 11) is 1.09. The fraction of sp³-hybridized carbons (Fsp3) is 0.517. The van der Waals surface area contributed by atoms with Crippen molar-refractivity contribution < 1.29 is 45.4 Å². The van der Waals surface area contributed by atoms with E-state index in [1.54, 1.807) is 30.9 Å². The van der Waals surface area contributed by atoms with Crippen molar-refractivity contribution in [2.75, 3.05) is 12.0 Å². The van der Waals surface area contributed by atoms with Crippen LogP contribution in [0, 0.1) is 19.8 Å². The Labute approximate surface area is 234 Å². The van der Waals surface area contributed by atoms with Crippen LogP contribution in [0.15, 0.2) is 30.3 Å². The summed E-state index contributed by atoms with van der Waals surface area (Å²) in [5.41, 5.74) is -0.590. The number of carbonyl (C=O) groups is 2. The van der Waals surface area contributed by atoms with E-state index in [-0.39, 0.29) is 24.0 Å². The zero-order valence-corrected chi connectivity index (χ0v) is 23.3. The van der Waals surface area contributed by atoms with E-state index in [2.05, 4.69) is 0 Å². The third kappa shape index (κ3) is 6.56. The number of anilines is 1. The first-order chi connectivity index (χ1) is 19.0. The van der Waals surface area contributed by atoms with Gasteiger partial charge in [-0.15, -0.1) is 0 Å². The second-order valence-corrected chi connectivity index (χ2v) is 11.0. The van der Waals surface area contributed by atoms with Gasteiger partial charge in [-0.3, -0.25) is 9.80 Å². The number of fused-ring (bicyclic) bond motifs is 1. The molecule has 0 saturated heterocycles. The molecule has 224 valence electrons. The van der Waals surface area contributed by atoms with Crippen molar-refractivity contribution in [3.05, 3.63) is 63.7 Å². The van der Waals surface area contributed by atoms with Crippen LogP contribution in [-0.4, -0.2) is 36.3 Å². The van der Waals surface area contributed by atoms with Crippen molar-refractivity contribution in [3.8, 4) is 0 Å². The molecule has 4 rings (SSSR count). The van der Waals surface area contributed by atoms with Crippen molar-refractivity contribution >= 4 is 17.9 Å². The van der Waals surface area contributed by atoms with Crippen LogP contribution in [0.3, 0.4) is 0 Å². The number of ether oxygens (including phenoxy) is 2. The Bertz CT molecular complexity index is 1290. The third-order valence-corrected chi connectivity index (χ3v) is 7.54. The number of aryl methyl sites for hydroxylation is 2. The molecule has 1 saturated carbocycles. The molecule has 2 aromatic carbocycles. The molecule has 0 unspecified atom stereocenters. The van der Waals surface area contributed by atoms with Crippen molar-refractivity contribution in [1.29, 1.82) is 0 Å². The van der Waals surface area contributed by atoms with Gasteiger partial charge in [-0.05, 0) is 99.4 Å². The van der Waals surface area contributed by atoms with E-state index in [1.165, 1.54) is 0 Å². The molecule has 2 aromatic rings. The summed E-state index contributed by atoms with van der Waals surface area (Å²) in [6.45, 7) is 6.56. The zero-order valence-electron chi connectivity index (χ0n) is 23.3. The Hall–Kier alpha value is -3.44. The average molecular weight is 587 g/mol. The van der Waals surface area contributed by atoms with Gasteiger partial charge < -0.3 is 9.47 Å². The molecule has 1 aliphatic heterocycles. The van der Waals surface area contributed by atoms with Gasteiger partial charge in [0.2, 0.25) is 0 Å². The SMILES string of the molecule is COC(=O)N(Cc1cc(C(F)(F)F)cc(C(F)(F)F)c1)[C@@H]1C[C@H](C2CC2)N(C(=O)OC(C)C)c2cc(C)c(C)cc21. The smallest absolute Gasteiger partial charge is 0.416 e. The minimum Gasteiger partial charge on any atom is -0.453 e. The van der Waals surface area contributed by atoms with E-state index in [9.17, 15) is 35.9 Å². The predicted octanol–water partition coefficient (Wildman–Crippen LogP) is 8.18. The molecule has 1 fully saturated rings. The first-order valence-electron chi connectivity index (χ1n) is 13.2. The molecular weight excluding hydrogens is 554 g/mol. The molecule has 0 bridgehead atoms. The summed E-state index contributed by atoms with van der Waals surface area (Å²) in [4.78, 5) is 29.2. The maximum Gasteiger partial charge on any atom is 0.416 e. The van der Waals surface area contributed by atoms with Gasteiger partial charge in [-0.1, -0.05) is 6.07 Å². The lowest BCUT2D eigenvalue weighted by atomic mass is 9.86. The largest absolute Gasteiger partial charge is 0.453 e. The molecule has 6 nitrogen and oxygen atoms in total. The monoisotopic (exact) mass is 586 g/mol. The molecule has 1 aliphatic carbocycles. The van der Waals surface area contributed by atoms with Crippen LogP contribution in [0.2, 0.25) is 0 Å². The van der Waals surface area contributed by atoms with Gasteiger partial charge in [-0.2, -0.15) is 26.3 Å². The Morgan fingerprint density at radius 2 is 1.51 bits per heavy atom. The van der Waals surface area contributed by atoms with E-state index in [1.807, 2.05) is 13.8 Å². The van der Waals surface area contributed by atoms with Gasteiger partial charge in [0.05, 0.1) is 36.1 Å². The predicted molar refractivity (Wildman–Crippen MR) is 138 cm³/mol. The van der Waals surface area contributed by atoms with E-state index in [0.29, 0.717) is 23.4 Å². The van der Waals surface area contributed by atoms with Crippen LogP contribution in [-0.2, 0) is 28.4 Å². The van der Waals surface area contributed by atoms with E-state index >= 15 is 0 Å². The van der Waals surface area contributed by atoms with Crippen LogP contribution < -0.4 is 4.90 Å². The molecule has 2 amide bonds. The molecule has 0 spiro atoms. The number of alkyl halides is 6. The van der Waals surface area contributed by atoms with Crippen LogP contribution in [0.5, 0.6) is 0 Å². The van der Waals surface area contributed by atoms with Gasteiger partial charge in [0.15, 0.2) is 0 Å². The lowest BCUT2D eigenvalue weighted by Crippen LogP contribution is -2.50. The topological polar surface area (TPSA) is 59.1 Å². The number of halogens is 6. The highest BCUT2D eigenvalue weighted by atomic mass is 19.4. The summed E-state index contributed by atoms with van der Waals surface area (Å²) < 4.78 is 91.9. The first-order valence-corrected chi connectivity index (χ1v) is 13.2. The molecule has 0 N–H and O–H groups in total. The van der Waals surface area contributed by atoms with Crippen molar-refractivity contribution in [2.24, 2.45) is 5.92 Å². The van der Waals surface area contributed by atoms with E-state index in [0.717, 1.165) is 36.0 Å². The number of nitrogens with zero attached hydrogens (tertiary/aromatic N) is 2. The van der Waals surface area contributed by atoms with Gasteiger partial charge in [-0.25, -0.2) is 9.59 Å². The average Bonchev–Trinajstić information content (AvgIpc) is 3.71. The molecule has 1 heterocycles. The number of rotatable bonds is 5. The van der Waals surface area contributed by atoms with Gasteiger partial charge in [0, 0.05) is 12.6 Å². The molecule has 0 aromatic heterocycles. The van der Waals surface area contributed by atoms with Gasteiger partial charge in [0.1, 0.15) is 0 Å². The number of hydrogen-bond donors (Lipinski definition) is 0. The summed E-state index contributed by atoms with van der Waals surface area (Å²) in [6, 6.07) is 3.66. The Morgan fingerprint density at radius 3 is 2.00 bits per heavy atom. The van der Waals surface area contributed by atoms with Crippen LogP contribution in [0.25, 0.3) is 0 Å². The van der Waals surface area contributed by atoms with Crippen LogP contribution in [0.4, 0.5) is 41.6 Å². The maximum atomic E-state index is 13.6. The number of carbonyl (C=O) groups excluding carboxylic acids is 2. The van der Waals surface area contributed by atoms with Crippen LogP contribution in [0.1, 0.15) is 72.5 Å². The third-order valence-electron chi connectivity index (χ3n) is 7.54. The highest BCUT2D eigenvalue weighted by Gasteiger charge is 2.47. The molecule has 2 aliphatic rings. The highest BCUT2D eigenvalue weighted by molar-refractivity contribution is 5.91. The van der Waals surface area contributed by atoms with E-state index < -0.39 is 60.4 Å². The molecule has 2 atom stereocenters. The summed E-state index contributed by atoms with van der Waals surface area (Å²) in [5.74, 6) is 0.0943. The Balaban J connectivity index is 1.85. The Morgan fingerprint density at radius 1 is 0.951 bits per heavy atom. The van der Waals surface area contributed by atoms with Crippen LogP contribution >= 0.6 is 0 Å². The number of amides is 2. The number of methoxy groups -OCH3 is 1. The number of benzene rings is 2.